The number of nitrogens with two attached hydrogens (primary N) is 2. The van der Waals surface area contributed by atoms with Gasteiger partial charge in [-0.3, -0.25) is 9.79 Å². The molecule has 126 valence electrons. The summed E-state index contributed by atoms with van der Waals surface area (Å²) in [6.45, 7) is 0. The van der Waals surface area contributed by atoms with Crippen LogP contribution in [0.1, 0.15) is 22.3 Å². The van der Waals surface area contributed by atoms with Gasteiger partial charge in [-0.25, -0.2) is 21.6 Å². The summed E-state index contributed by atoms with van der Waals surface area (Å²) in [5, 5.41) is 0. The normalized spacial score (nSPS) is 24.1. The van der Waals surface area contributed by atoms with E-state index in [-0.39, 0.29) is 5.56 Å². The van der Waals surface area contributed by atoms with Crippen LogP contribution in [0.4, 0.5) is 13.2 Å². The number of halogens is 3. The number of amides is 1. The molecule has 0 aliphatic carbocycles. The maximum Gasteiger partial charge on any atom is 0.267 e. The van der Waals surface area contributed by atoms with Crippen molar-refractivity contribution in [2.75, 3.05) is 11.5 Å². The Hall–Kier alpha value is -2.10. The van der Waals surface area contributed by atoms with E-state index < -0.39 is 62.9 Å². The number of benzene rings is 1. The monoisotopic (exact) mass is 349 g/mol. The smallest absolute Gasteiger partial charge is 0.267 e. The summed E-state index contributed by atoms with van der Waals surface area (Å²) in [6, 6.07) is 2.71. The summed E-state index contributed by atoms with van der Waals surface area (Å²) in [6.07, 6.45) is -3.89. The third-order valence-electron chi connectivity index (χ3n) is 3.58. The molecule has 6 nitrogen and oxygen atoms in total. The number of aliphatic imine (C=N–C) groups is 1. The number of carbonyl (C=O) groups is 1. The van der Waals surface area contributed by atoms with E-state index in [1.54, 1.807) is 0 Å². The zero-order valence-electron chi connectivity index (χ0n) is 11.8. The molecule has 0 aromatic heterocycles. The molecule has 1 aliphatic rings. The Morgan fingerprint density at radius 1 is 1.35 bits per heavy atom. The molecule has 0 fully saturated rings. The Labute approximate surface area is 130 Å². The lowest BCUT2D eigenvalue weighted by molar-refractivity contribution is 0.0495. The van der Waals surface area contributed by atoms with Gasteiger partial charge in [0.1, 0.15) is 17.4 Å². The Kier molecular flexibility index (Phi) is 4.38. The number of alkyl halides is 2. The fourth-order valence-corrected chi connectivity index (χ4v) is 3.72. The highest BCUT2D eigenvalue weighted by molar-refractivity contribution is 7.92. The minimum atomic E-state index is -3.72. The van der Waals surface area contributed by atoms with Crippen molar-refractivity contribution in [2.45, 2.75) is 18.4 Å². The number of amidine groups is 1. The highest BCUT2D eigenvalue weighted by Crippen LogP contribution is 2.39. The molecule has 0 spiro atoms. The Morgan fingerprint density at radius 2 is 2.00 bits per heavy atom. The van der Waals surface area contributed by atoms with Crippen molar-refractivity contribution in [1.82, 2.24) is 0 Å². The predicted octanol–water partition coefficient (Wildman–Crippen LogP) is 0.561. The molecular formula is C13H14F3N3O3S. The molecule has 0 radical (unpaired) electrons. The highest BCUT2D eigenvalue weighted by Gasteiger charge is 2.46. The van der Waals surface area contributed by atoms with Crippen molar-refractivity contribution < 1.29 is 26.4 Å². The standard InChI is InChI=1S/C13H14F3N3O3S/c14-9-2-1-7(11(18)20)5-8(9)13(12(15)16)3-4-23(21,22)6-10(17)19-13/h1-2,5,12H,3-4,6H2,(H2,17,19)(H2,18,20)/t13-/m0/s1. The number of carbonyl (C=O) groups excluding carboxylic acids is 1. The van der Waals surface area contributed by atoms with Gasteiger partial charge in [-0.2, -0.15) is 0 Å². The molecule has 1 aromatic rings. The average Bonchev–Trinajstić information content (AvgIpc) is 2.54. The number of rotatable bonds is 3. The topological polar surface area (TPSA) is 116 Å². The minimum Gasteiger partial charge on any atom is -0.387 e. The first-order chi connectivity index (χ1) is 10.6. The van der Waals surface area contributed by atoms with Crippen molar-refractivity contribution in [1.29, 1.82) is 0 Å². The van der Waals surface area contributed by atoms with Crippen LogP contribution in [0.2, 0.25) is 0 Å². The molecule has 0 saturated heterocycles. The number of sulfone groups is 1. The van der Waals surface area contributed by atoms with Crippen molar-refractivity contribution in [3.05, 3.63) is 35.1 Å². The van der Waals surface area contributed by atoms with E-state index in [0.717, 1.165) is 18.2 Å². The number of primary amides is 1. The Balaban J connectivity index is 2.70. The van der Waals surface area contributed by atoms with Gasteiger partial charge in [0.2, 0.25) is 5.91 Å². The first-order valence-electron chi connectivity index (χ1n) is 6.50. The largest absolute Gasteiger partial charge is 0.387 e. The molecule has 2 rings (SSSR count). The Morgan fingerprint density at radius 3 is 2.57 bits per heavy atom. The van der Waals surface area contributed by atoms with Crippen LogP contribution in [0.25, 0.3) is 0 Å². The molecule has 1 atom stereocenters. The van der Waals surface area contributed by atoms with Gasteiger partial charge in [0.15, 0.2) is 15.4 Å². The lowest BCUT2D eigenvalue weighted by Crippen LogP contribution is -2.36. The van der Waals surface area contributed by atoms with Crippen LogP contribution in [-0.4, -0.2) is 38.1 Å². The summed E-state index contributed by atoms with van der Waals surface area (Å²) >= 11 is 0. The highest BCUT2D eigenvalue weighted by atomic mass is 32.2. The van der Waals surface area contributed by atoms with Crippen LogP contribution in [0.5, 0.6) is 0 Å². The van der Waals surface area contributed by atoms with E-state index in [0.29, 0.717) is 0 Å². The van der Waals surface area contributed by atoms with Crippen LogP contribution in [0.3, 0.4) is 0 Å². The lowest BCUT2D eigenvalue weighted by atomic mass is 9.86. The summed E-state index contributed by atoms with van der Waals surface area (Å²) < 4.78 is 65.0. The van der Waals surface area contributed by atoms with E-state index >= 15 is 0 Å². The number of nitrogens with zero attached hydrogens (tertiary/aromatic N) is 1. The molecule has 10 heteroatoms. The van der Waals surface area contributed by atoms with E-state index in [1.807, 2.05) is 0 Å². The van der Waals surface area contributed by atoms with Crippen molar-refractivity contribution in [2.24, 2.45) is 16.5 Å². The zero-order chi connectivity index (χ0) is 17.4. The van der Waals surface area contributed by atoms with E-state index in [4.69, 9.17) is 11.5 Å². The van der Waals surface area contributed by atoms with Gasteiger partial charge in [0.25, 0.3) is 6.43 Å². The molecule has 1 heterocycles. The van der Waals surface area contributed by atoms with E-state index in [1.165, 1.54) is 0 Å². The van der Waals surface area contributed by atoms with Gasteiger partial charge in [0, 0.05) is 11.1 Å². The fraction of sp³-hybridized carbons (Fsp3) is 0.385. The first kappa shape index (κ1) is 17.3. The van der Waals surface area contributed by atoms with Crippen LogP contribution in [-0.2, 0) is 15.4 Å². The zero-order valence-corrected chi connectivity index (χ0v) is 12.6. The second-order valence-electron chi connectivity index (χ2n) is 5.23. The summed E-state index contributed by atoms with van der Waals surface area (Å²) in [5.74, 6) is -3.84. The molecule has 0 saturated carbocycles. The van der Waals surface area contributed by atoms with Gasteiger partial charge < -0.3 is 11.5 Å². The molecule has 0 bridgehead atoms. The number of hydrogen-bond donors (Lipinski definition) is 2. The first-order valence-corrected chi connectivity index (χ1v) is 8.32. The second kappa shape index (κ2) is 5.84. The van der Waals surface area contributed by atoms with Crippen molar-refractivity contribution in [3.8, 4) is 0 Å². The average molecular weight is 349 g/mol. The lowest BCUT2D eigenvalue weighted by Gasteiger charge is -2.29. The fourth-order valence-electron chi connectivity index (χ4n) is 2.43. The van der Waals surface area contributed by atoms with Crippen molar-refractivity contribution in [3.63, 3.8) is 0 Å². The summed E-state index contributed by atoms with van der Waals surface area (Å²) in [5.41, 5.74) is 7.23. The van der Waals surface area contributed by atoms with Gasteiger partial charge in [-0.15, -0.1) is 0 Å². The molecule has 1 aliphatic heterocycles. The van der Waals surface area contributed by atoms with Gasteiger partial charge in [-0.05, 0) is 24.6 Å². The molecule has 0 unspecified atom stereocenters. The molecule has 4 N–H and O–H groups in total. The number of hydrogen-bond acceptors (Lipinski definition) is 5. The molecular weight excluding hydrogens is 335 g/mol. The predicted molar refractivity (Wildman–Crippen MR) is 77.5 cm³/mol. The minimum absolute atomic E-state index is 0.192. The van der Waals surface area contributed by atoms with E-state index in [2.05, 4.69) is 4.99 Å². The molecule has 1 amide bonds. The SMILES string of the molecule is NC(=O)c1ccc(F)c([C@]2(C(F)F)CCS(=O)(=O)CC(N)=N2)c1. The second-order valence-corrected chi connectivity index (χ2v) is 7.41. The third kappa shape index (κ3) is 3.31. The van der Waals surface area contributed by atoms with E-state index in [9.17, 15) is 26.4 Å². The Bertz CT molecular complexity index is 780. The van der Waals surface area contributed by atoms with Crippen LogP contribution >= 0.6 is 0 Å². The van der Waals surface area contributed by atoms with Crippen LogP contribution in [0, 0.1) is 5.82 Å². The molecule has 23 heavy (non-hydrogen) atoms. The van der Waals surface area contributed by atoms with Crippen molar-refractivity contribution >= 4 is 21.6 Å². The summed E-state index contributed by atoms with van der Waals surface area (Å²) in [7, 11) is -3.72. The summed E-state index contributed by atoms with van der Waals surface area (Å²) in [4.78, 5) is 14.8. The van der Waals surface area contributed by atoms with Gasteiger partial charge >= 0.3 is 0 Å². The maximum absolute atomic E-state index is 14.1. The molecule has 1 aromatic carbocycles. The quantitative estimate of drug-likeness (QED) is 0.829. The van der Waals surface area contributed by atoms with Gasteiger partial charge in [0.05, 0.1) is 5.75 Å². The van der Waals surface area contributed by atoms with Gasteiger partial charge in [-0.1, -0.05) is 0 Å². The van der Waals surface area contributed by atoms with Crippen LogP contribution in [0.15, 0.2) is 23.2 Å². The van der Waals surface area contributed by atoms with Crippen LogP contribution < -0.4 is 11.5 Å². The maximum atomic E-state index is 14.1. The third-order valence-corrected chi connectivity index (χ3v) is 5.15.